The van der Waals surface area contributed by atoms with E-state index in [4.69, 9.17) is 4.74 Å². The first kappa shape index (κ1) is 21.5. The van der Waals surface area contributed by atoms with Crippen LogP contribution < -0.4 is 14.8 Å². The van der Waals surface area contributed by atoms with Gasteiger partial charge in [-0.15, -0.1) is 0 Å². The third-order valence-electron chi connectivity index (χ3n) is 5.57. The maximum atomic E-state index is 14.7. The van der Waals surface area contributed by atoms with Gasteiger partial charge in [-0.05, 0) is 37.6 Å². The van der Waals surface area contributed by atoms with Crippen LogP contribution >= 0.6 is 0 Å². The molecule has 0 aliphatic carbocycles. The molecular weight excluding hydrogens is 419 g/mol. The van der Waals surface area contributed by atoms with Crippen LogP contribution in [0.2, 0.25) is 0 Å². The SMILES string of the molecule is CNC1COc2cc(F)c(CNS(=O)(=O)c3cnc(C)[nH]3)cc2C1Cc1ccccc1. The number of rotatable bonds is 7. The molecule has 2 aromatic carbocycles. The van der Waals surface area contributed by atoms with Crippen molar-refractivity contribution in [1.82, 2.24) is 20.0 Å². The molecule has 0 fully saturated rings. The molecular formula is C22H25FN4O3S. The fourth-order valence-corrected chi connectivity index (χ4v) is 4.85. The first-order chi connectivity index (χ1) is 14.9. The van der Waals surface area contributed by atoms with Crippen molar-refractivity contribution in [3.8, 4) is 5.75 Å². The number of imidazole rings is 1. The number of aromatic nitrogens is 2. The van der Waals surface area contributed by atoms with Crippen molar-refractivity contribution >= 4 is 10.0 Å². The van der Waals surface area contributed by atoms with Gasteiger partial charge < -0.3 is 15.0 Å². The summed E-state index contributed by atoms with van der Waals surface area (Å²) in [5, 5.41) is 3.24. The number of fused-ring (bicyclic) bond motifs is 1. The number of likely N-dealkylation sites (N-methyl/N-ethyl adjacent to an activating group) is 1. The first-order valence-electron chi connectivity index (χ1n) is 10.0. The minimum absolute atomic E-state index is 0.0516. The van der Waals surface area contributed by atoms with Gasteiger partial charge in [-0.1, -0.05) is 30.3 Å². The van der Waals surface area contributed by atoms with Crippen LogP contribution in [0.3, 0.4) is 0 Å². The summed E-state index contributed by atoms with van der Waals surface area (Å²) in [7, 11) is -1.95. The lowest BCUT2D eigenvalue weighted by Crippen LogP contribution is -2.41. The highest BCUT2D eigenvalue weighted by molar-refractivity contribution is 7.89. The van der Waals surface area contributed by atoms with E-state index in [1.165, 1.54) is 17.8 Å². The minimum atomic E-state index is -3.83. The van der Waals surface area contributed by atoms with E-state index in [1.807, 2.05) is 25.2 Å². The van der Waals surface area contributed by atoms with Gasteiger partial charge in [-0.3, -0.25) is 0 Å². The van der Waals surface area contributed by atoms with Crippen LogP contribution in [0.25, 0.3) is 0 Å². The van der Waals surface area contributed by atoms with Gasteiger partial charge in [0.1, 0.15) is 24.0 Å². The molecule has 2 heterocycles. The average molecular weight is 445 g/mol. The third kappa shape index (κ3) is 4.63. The van der Waals surface area contributed by atoms with Gasteiger partial charge in [0.05, 0.1) is 6.20 Å². The summed E-state index contributed by atoms with van der Waals surface area (Å²) in [5.74, 6) is 0.533. The Morgan fingerprint density at radius 2 is 2.03 bits per heavy atom. The monoisotopic (exact) mass is 444 g/mol. The molecule has 0 saturated carbocycles. The van der Waals surface area contributed by atoms with E-state index in [2.05, 4.69) is 32.1 Å². The molecule has 3 aromatic rings. The van der Waals surface area contributed by atoms with Crippen LogP contribution in [0.4, 0.5) is 4.39 Å². The summed E-state index contributed by atoms with van der Waals surface area (Å²) in [6.07, 6.45) is 2.00. The molecule has 2 unspecified atom stereocenters. The van der Waals surface area contributed by atoms with Crippen LogP contribution in [-0.4, -0.2) is 38.1 Å². The normalized spacial score (nSPS) is 18.4. The molecule has 0 saturated heterocycles. The largest absolute Gasteiger partial charge is 0.492 e. The molecule has 2 atom stereocenters. The van der Waals surface area contributed by atoms with Crippen LogP contribution in [0, 0.1) is 12.7 Å². The third-order valence-corrected chi connectivity index (χ3v) is 6.88. The van der Waals surface area contributed by atoms with Gasteiger partial charge in [0.15, 0.2) is 5.03 Å². The van der Waals surface area contributed by atoms with E-state index in [1.54, 1.807) is 13.0 Å². The highest BCUT2D eigenvalue weighted by atomic mass is 32.2. The second kappa shape index (κ2) is 8.78. The summed E-state index contributed by atoms with van der Waals surface area (Å²) in [6.45, 7) is 1.92. The number of H-pyrrole nitrogens is 1. The zero-order valence-corrected chi connectivity index (χ0v) is 18.2. The smallest absolute Gasteiger partial charge is 0.257 e. The van der Waals surface area contributed by atoms with Crippen molar-refractivity contribution in [1.29, 1.82) is 0 Å². The number of aryl methyl sites for hydroxylation is 1. The van der Waals surface area contributed by atoms with E-state index in [9.17, 15) is 12.8 Å². The molecule has 0 radical (unpaired) electrons. The van der Waals surface area contributed by atoms with E-state index < -0.39 is 15.8 Å². The zero-order chi connectivity index (χ0) is 22.0. The molecule has 9 heteroatoms. The Morgan fingerprint density at radius 3 is 2.71 bits per heavy atom. The standard InChI is InChI=1S/C22H25FN4O3S/c1-14-25-12-22(27-14)31(28,29)26-11-16-9-18-17(8-15-6-4-3-5-7-15)20(24-2)13-30-21(18)10-19(16)23/h3-7,9-10,12,17,20,24,26H,8,11,13H2,1-2H3,(H,25,27). The molecule has 31 heavy (non-hydrogen) atoms. The Morgan fingerprint density at radius 1 is 1.26 bits per heavy atom. The number of nitrogens with one attached hydrogen (secondary N) is 3. The zero-order valence-electron chi connectivity index (χ0n) is 17.4. The van der Waals surface area contributed by atoms with Crippen molar-refractivity contribution in [3.05, 3.63) is 77.0 Å². The number of benzene rings is 2. The summed E-state index contributed by atoms with van der Waals surface area (Å²) in [4.78, 5) is 6.59. The number of hydrogen-bond acceptors (Lipinski definition) is 5. The highest BCUT2D eigenvalue weighted by Crippen LogP contribution is 2.37. The fourth-order valence-electron chi connectivity index (χ4n) is 3.87. The number of hydrogen-bond donors (Lipinski definition) is 3. The quantitative estimate of drug-likeness (QED) is 0.521. The number of ether oxygens (including phenoxy) is 1. The molecule has 164 valence electrons. The Bertz CT molecular complexity index is 1160. The van der Waals surface area contributed by atoms with E-state index >= 15 is 0 Å². The van der Waals surface area contributed by atoms with Crippen molar-refractivity contribution in [2.75, 3.05) is 13.7 Å². The molecule has 0 spiro atoms. The maximum Gasteiger partial charge on any atom is 0.257 e. The van der Waals surface area contributed by atoms with E-state index in [0.717, 1.165) is 12.0 Å². The highest BCUT2D eigenvalue weighted by Gasteiger charge is 2.31. The number of sulfonamides is 1. The second-order valence-electron chi connectivity index (χ2n) is 7.64. The van der Waals surface area contributed by atoms with Gasteiger partial charge >= 0.3 is 0 Å². The molecule has 0 bridgehead atoms. The molecule has 1 aliphatic rings. The van der Waals surface area contributed by atoms with Crippen LogP contribution in [0.1, 0.15) is 28.4 Å². The molecule has 4 rings (SSSR count). The lowest BCUT2D eigenvalue weighted by Gasteiger charge is -2.34. The lowest BCUT2D eigenvalue weighted by atomic mass is 9.83. The van der Waals surface area contributed by atoms with Crippen LogP contribution in [0.15, 0.2) is 53.7 Å². The summed E-state index contributed by atoms with van der Waals surface area (Å²) < 4.78 is 47.9. The first-order valence-corrected chi connectivity index (χ1v) is 11.5. The van der Waals surface area contributed by atoms with Gasteiger partial charge in [-0.2, -0.15) is 0 Å². The number of aromatic amines is 1. The molecule has 0 amide bonds. The molecule has 1 aliphatic heterocycles. The van der Waals surface area contributed by atoms with Crippen LogP contribution in [-0.2, 0) is 23.0 Å². The van der Waals surface area contributed by atoms with Gasteiger partial charge in [0.25, 0.3) is 10.0 Å². The molecule has 3 N–H and O–H groups in total. The van der Waals surface area contributed by atoms with E-state index in [0.29, 0.717) is 18.2 Å². The Balaban J connectivity index is 1.62. The van der Waals surface area contributed by atoms with Crippen molar-refractivity contribution in [2.45, 2.75) is 36.9 Å². The van der Waals surface area contributed by atoms with Gasteiger partial charge in [0, 0.05) is 30.1 Å². The van der Waals surface area contributed by atoms with Crippen molar-refractivity contribution in [2.24, 2.45) is 0 Å². The van der Waals surface area contributed by atoms with Crippen LogP contribution in [0.5, 0.6) is 5.75 Å². The Hall–Kier alpha value is -2.75. The predicted octanol–water partition coefficient (Wildman–Crippen LogP) is 2.64. The molecule has 7 nitrogen and oxygen atoms in total. The van der Waals surface area contributed by atoms with E-state index in [-0.39, 0.29) is 29.1 Å². The van der Waals surface area contributed by atoms with Gasteiger partial charge in [-0.25, -0.2) is 22.5 Å². The summed E-state index contributed by atoms with van der Waals surface area (Å²) in [6, 6.07) is 13.2. The summed E-state index contributed by atoms with van der Waals surface area (Å²) in [5.41, 5.74) is 2.29. The topological polar surface area (TPSA) is 96.1 Å². The number of nitrogens with zero attached hydrogens (tertiary/aromatic N) is 1. The average Bonchev–Trinajstić information content (AvgIpc) is 3.21. The van der Waals surface area contributed by atoms with Gasteiger partial charge in [0.2, 0.25) is 0 Å². The van der Waals surface area contributed by atoms with Crippen molar-refractivity contribution in [3.63, 3.8) is 0 Å². The summed E-state index contributed by atoms with van der Waals surface area (Å²) >= 11 is 0. The lowest BCUT2D eigenvalue weighted by molar-refractivity contribution is 0.217. The molecule has 1 aromatic heterocycles. The number of halogens is 1. The second-order valence-corrected chi connectivity index (χ2v) is 9.38. The maximum absolute atomic E-state index is 14.7. The Kier molecular flexibility index (Phi) is 6.08. The fraction of sp³-hybridized carbons (Fsp3) is 0.318. The minimum Gasteiger partial charge on any atom is -0.492 e. The van der Waals surface area contributed by atoms with Crippen molar-refractivity contribution < 1.29 is 17.5 Å². The predicted molar refractivity (Wildman–Crippen MR) is 115 cm³/mol. The Labute approximate surface area is 181 Å².